The largest absolute Gasteiger partial charge is 0.394 e. The van der Waals surface area contributed by atoms with E-state index in [1.807, 2.05) is 4.98 Å². The van der Waals surface area contributed by atoms with Gasteiger partial charge < -0.3 is 20.1 Å². The normalized spacial score (nSPS) is 34.4. The Morgan fingerprint density at radius 1 is 1.53 bits per heavy atom. The fourth-order valence-corrected chi connectivity index (χ4v) is 1.95. The maximum atomic E-state index is 11.6. The molecule has 0 radical (unpaired) electrons. The zero-order chi connectivity index (χ0) is 14.2. The van der Waals surface area contributed by atoms with E-state index in [1.165, 1.54) is 0 Å². The molecule has 0 bridgehead atoms. The highest BCUT2D eigenvalue weighted by atomic mass is 16.6. The van der Waals surface area contributed by atoms with Crippen LogP contribution in [0.4, 0.5) is 0 Å². The molecule has 0 aromatic carbocycles. The molecule has 0 spiro atoms. The van der Waals surface area contributed by atoms with Crippen molar-refractivity contribution >= 4 is 6.29 Å². The van der Waals surface area contributed by atoms with E-state index in [9.17, 15) is 24.6 Å². The van der Waals surface area contributed by atoms with Crippen molar-refractivity contribution in [3.05, 3.63) is 33.1 Å². The maximum absolute atomic E-state index is 11.6. The number of rotatable bonds is 3. The second-order valence-electron chi connectivity index (χ2n) is 4.17. The van der Waals surface area contributed by atoms with Gasteiger partial charge in [0.1, 0.15) is 12.2 Å². The minimum absolute atomic E-state index is 0.0509. The van der Waals surface area contributed by atoms with E-state index in [0.717, 1.165) is 16.8 Å². The summed E-state index contributed by atoms with van der Waals surface area (Å²) in [4.78, 5) is 35.3. The monoisotopic (exact) mass is 272 g/mol. The second kappa shape index (κ2) is 4.70. The van der Waals surface area contributed by atoms with Crippen molar-refractivity contribution in [1.29, 1.82) is 0 Å². The van der Waals surface area contributed by atoms with Crippen LogP contribution in [0.2, 0.25) is 0 Å². The van der Waals surface area contributed by atoms with E-state index in [2.05, 4.69) is 0 Å². The molecule has 2 heterocycles. The van der Waals surface area contributed by atoms with E-state index in [0.29, 0.717) is 0 Å². The standard InChI is InChI=1S/C10H12N2O7/c13-3-5-10(18,4-14)7(16)8(19-5)12-2-1-6(15)11-9(12)17/h1-2,4-5,7-8,13,16,18H,3H2,(H,11,15,17)/t5-,7+,8-,10-/m1/s1. The lowest BCUT2D eigenvalue weighted by Gasteiger charge is -2.23. The molecule has 1 saturated heterocycles. The van der Waals surface area contributed by atoms with E-state index in [4.69, 9.17) is 9.84 Å². The van der Waals surface area contributed by atoms with Gasteiger partial charge in [-0.05, 0) is 0 Å². The third kappa shape index (κ3) is 2.02. The lowest BCUT2D eigenvalue weighted by atomic mass is 9.94. The fourth-order valence-electron chi connectivity index (χ4n) is 1.95. The molecule has 0 amide bonds. The number of hydrogen-bond acceptors (Lipinski definition) is 7. The maximum Gasteiger partial charge on any atom is 0.330 e. The summed E-state index contributed by atoms with van der Waals surface area (Å²) in [5.41, 5.74) is -3.84. The number of aromatic amines is 1. The molecule has 9 nitrogen and oxygen atoms in total. The molecule has 1 aromatic heterocycles. The number of carbonyl (C=O) groups is 1. The van der Waals surface area contributed by atoms with Crippen molar-refractivity contribution in [1.82, 2.24) is 9.55 Å². The van der Waals surface area contributed by atoms with Crippen LogP contribution in [0.25, 0.3) is 0 Å². The van der Waals surface area contributed by atoms with Crippen molar-refractivity contribution in [2.24, 2.45) is 0 Å². The topological polar surface area (TPSA) is 142 Å². The van der Waals surface area contributed by atoms with Crippen molar-refractivity contribution in [3.63, 3.8) is 0 Å². The number of hydrogen-bond donors (Lipinski definition) is 4. The highest BCUT2D eigenvalue weighted by molar-refractivity contribution is 5.65. The second-order valence-corrected chi connectivity index (χ2v) is 4.17. The molecule has 1 aliphatic rings. The first-order chi connectivity index (χ1) is 8.93. The molecule has 4 atom stereocenters. The summed E-state index contributed by atoms with van der Waals surface area (Å²) in [6.07, 6.45) is -3.42. The number of aliphatic hydroxyl groups excluding tert-OH is 2. The van der Waals surface area contributed by atoms with Crippen molar-refractivity contribution in [3.8, 4) is 0 Å². The molecule has 9 heteroatoms. The highest BCUT2D eigenvalue weighted by Crippen LogP contribution is 2.34. The van der Waals surface area contributed by atoms with Crippen molar-refractivity contribution in [2.75, 3.05) is 6.61 Å². The lowest BCUT2D eigenvalue weighted by Crippen LogP contribution is -2.51. The zero-order valence-electron chi connectivity index (χ0n) is 9.59. The average Bonchev–Trinajstić information content (AvgIpc) is 2.63. The van der Waals surface area contributed by atoms with Crippen LogP contribution in [0.5, 0.6) is 0 Å². The Kier molecular flexibility index (Phi) is 3.37. The Labute approximate surface area is 105 Å². The van der Waals surface area contributed by atoms with Crippen LogP contribution in [0.1, 0.15) is 6.23 Å². The van der Waals surface area contributed by atoms with Gasteiger partial charge in [0, 0.05) is 12.3 Å². The van der Waals surface area contributed by atoms with E-state index in [-0.39, 0.29) is 6.29 Å². The van der Waals surface area contributed by atoms with Crippen LogP contribution >= 0.6 is 0 Å². The van der Waals surface area contributed by atoms with Crippen LogP contribution in [0.3, 0.4) is 0 Å². The first-order valence-corrected chi connectivity index (χ1v) is 5.38. The Bertz CT molecular complexity index is 594. The predicted octanol–water partition coefficient (Wildman–Crippen LogP) is -3.28. The van der Waals surface area contributed by atoms with Crippen LogP contribution in [0, 0.1) is 0 Å². The van der Waals surface area contributed by atoms with Crippen LogP contribution in [0.15, 0.2) is 21.9 Å². The molecule has 0 saturated carbocycles. The van der Waals surface area contributed by atoms with Gasteiger partial charge in [-0.3, -0.25) is 19.1 Å². The third-order valence-corrected chi connectivity index (χ3v) is 3.04. The van der Waals surface area contributed by atoms with Gasteiger partial charge in [0.25, 0.3) is 5.56 Å². The summed E-state index contributed by atoms with van der Waals surface area (Å²) >= 11 is 0. The van der Waals surface area contributed by atoms with E-state index in [1.54, 1.807) is 0 Å². The summed E-state index contributed by atoms with van der Waals surface area (Å²) in [5, 5.41) is 28.8. The minimum Gasteiger partial charge on any atom is -0.394 e. The van der Waals surface area contributed by atoms with Gasteiger partial charge in [0.2, 0.25) is 0 Å². The van der Waals surface area contributed by atoms with Crippen LogP contribution < -0.4 is 11.2 Å². The number of aliphatic hydroxyl groups is 3. The summed E-state index contributed by atoms with van der Waals surface area (Å²) in [6.45, 7) is -0.721. The number of ether oxygens (including phenoxy) is 1. The van der Waals surface area contributed by atoms with Crippen molar-refractivity contribution in [2.45, 2.75) is 24.0 Å². The molecule has 1 aromatic rings. The quantitative estimate of drug-likeness (QED) is 0.422. The molecule has 4 N–H and O–H groups in total. The first kappa shape index (κ1) is 13.6. The molecule has 0 aliphatic carbocycles. The Morgan fingerprint density at radius 3 is 2.68 bits per heavy atom. The van der Waals surface area contributed by atoms with Gasteiger partial charge in [-0.2, -0.15) is 0 Å². The molecular weight excluding hydrogens is 260 g/mol. The van der Waals surface area contributed by atoms with E-state index < -0.39 is 41.9 Å². The molecule has 19 heavy (non-hydrogen) atoms. The Morgan fingerprint density at radius 2 is 2.21 bits per heavy atom. The molecule has 0 unspecified atom stereocenters. The summed E-state index contributed by atoms with van der Waals surface area (Å²) in [7, 11) is 0. The van der Waals surface area contributed by atoms with Gasteiger partial charge in [0.15, 0.2) is 18.1 Å². The van der Waals surface area contributed by atoms with Crippen molar-refractivity contribution < 1.29 is 24.9 Å². The summed E-state index contributed by atoms with van der Waals surface area (Å²) in [5.74, 6) is 0. The summed E-state index contributed by atoms with van der Waals surface area (Å²) < 4.78 is 5.91. The fraction of sp³-hybridized carbons (Fsp3) is 0.500. The van der Waals surface area contributed by atoms with Gasteiger partial charge >= 0.3 is 5.69 Å². The molecule has 104 valence electrons. The molecular formula is C10H12N2O7. The van der Waals surface area contributed by atoms with Gasteiger partial charge in [-0.25, -0.2) is 4.79 Å². The Balaban J connectivity index is 2.45. The highest BCUT2D eigenvalue weighted by Gasteiger charge is 2.56. The van der Waals surface area contributed by atoms with Gasteiger partial charge in [0.05, 0.1) is 6.61 Å². The number of aromatic nitrogens is 2. The summed E-state index contributed by atoms with van der Waals surface area (Å²) in [6, 6.07) is 1.02. The smallest absolute Gasteiger partial charge is 0.330 e. The SMILES string of the molecule is O=C[C@@]1(O)[C@@H](CO)O[C@@H](n2ccc(=O)[nH]c2=O)[C@@H]1O. The number of H-pyrrole nitrogens is 1. The Hall–Kier alpha value is -1.81. The molecule has 2 rings (SSSR count). The third-order valence-electron chi connectivity index (χ3n) is 3.04. The van der Waals surface area contributed by atoms with Gasteiger partial charge in [-0.15, -0.1) is 0 Å². The van der Waals surface area contributed by atoms with Crippen LogP contribution in [-0.4, -0.2) is 55.6 Å². The van der Waals surface area contributed by atoms with E-state index >= 15 is 0 Å². The average molecular weight is 272 g/mol. The van der Waals surface area contributed by atoms with Crippen LogP contribution in [-0.2, 0) is 9.53 Å². The molecule has 1 fully saturated rings. The van der Waals surface area contributed by atoms with Gasteiger partial charge in [-0.1, -0.05) is 0 Å². The number of carbonyl (C=O) groups excluding carboxylic acids is 1. The lowest BCUT2D eigenvalue weighted by molar-refractivity contribution is -0.140. The zero-order valence-corrected chi connectivity index (χ0v) is 9.59. The predicted molar refractivity (Wildman–Crippen MR) is 59.3 cm³/mol. The molecule has 1 aliphatic heterocycles. The minimum atomic E-state index is -2.32. The number of nitrogens with one attached hydrogen (secondary N) is 1. The first-order valence-electron chi connectivity index (χ1n) is 5.38. The number of aldehydes is 1. The number of nitrogens with zero attached hydrogens (tertiary/aromatic N) is 1.